The van der Waals surface area contributed by atoms with E-state index in [0.717, 1.165) is 11.3 Å². The Hall–Kier alpha value is -2.21. The molecule has 1 atom stereocenters. The fraction of sp³-hybridized carbons (Fsp3) is 0.250. The van der Waals surface area contributed by atoms with Gasteiger partial charge in [0, 0.05) is 11.4 Å². The van der Waals surface area contributed by atoms with Gasteiger partial charge in [0.2, 0.25) is 5.91 Å². The topological polar surface area (TPSA) is 62.6 Å². The van der Waals surface area contributed by atoms with E-state index in [2.05, 4.69) is 5.32 Å². The Balaban J connectivity index is 1.71. The summed E-state index contributed by atoms with van der Waals surface area (Å²) >= 11 is 1.56. The fourth-order valence-corrected chi connectivity index (χ4v) is 3.42. The maximum atomic E-state index is 12.4. The third-order valence-electron chi connectivity index (χ3n) is 3.50. The van der Waals surface area contributed by atoms with Crippen molar-refractivity contribution in [2.24, 2.45) is 0 Å². The van der Waals surface area contributed by atoms with Crippen molar-refractivity contribution in [1.82, 2.24) is 4.90 Å². The predicted octanol–water partition coefficient (Wildman–Crippen LogP) is 2.74. The molecule has 1 saturated heterocycles. The highest BCUT2D eigenvalue weighted by atomic mass is 32.2. The first-order chi connectivity index (χ1) is 10.6. The Morgan fingerprint density at radius 1 is 1.27 bits per heavy atom. The summed E-state index contributed by atoms with van der Waals surface area (Å²) in [7, 11) is 0. The third kappa shape index (κ3) is 3.01. The Morgan fingerprint density at radius 3 is 2.73 bits per heavy atom. The highest BCUT2D eigenvalue weighted by molar-refractivity contribution is 7.99. The van der Waals surface area contributed by atoms with Gasteiger partial charge in [0.05, 0.1) is 12.1 Å². The van der Waals surface area contributed by atoms with Crippen LogP contribution in [-0.2, 0) is 4.79 Å². The molecule has 1 aliphatic rings. The van der Waals surface area contributed by atoms with Gasteiger partial charge >= 0.3 is 0 Å². The first-order valence-corrected chi connectivity index (χ1v) is 8.10. The lowest BCUT2D eigenvalue weighted by molar-refractivity contribution is -0.119. The van der Waals surface area contributed by atoms with Gasteiger partial charge in [-0.1, -0.05) is 17.7 Å². The summed E-state index contributed by atoms with van der Waals surface area (Å²) < 4.78 is 5.14. The van der Waals surface area contributed by atoms with Crippen molar-refractivity contribution in [3.05, 3.63) is 54.0 Å². The number of carbonyl (C=O) groups is 2. The summed E-state index contributed by atoms with van der Waals surface area (Å²) in [5.41, 5.74) is 1.86. The summed E-state index contributed by atoms with van der Waals surface area (Å²) in [6.07, 6.45) is 1.46. The second-order valence-electron chi connectivity index (χ2n) is 5.12. The number of nitrogens with zero attached hydrogens (tertiary/aromatic N) is 1. The SMILES string of the molecule is Cc1ccc(NC(=O)C2CSCN2C(=O)c2ccco2)cc1. The van der Waals surface area contributed by atoms with Gasteiger partial charge < -0.3 is 14.6 Å². The summed E-state index contributed by atoms with van der Waals surface area (Å²) in [5, 5.41) is 2.86. The largest absolute Gasteiger partial charge is 0.459 e. The van der Waals surface area contributed by atoms with Crippen molar-refractivity contribution in [1.29, 1.82) is 0 Å². The maximum absolute atomic E-state index is 12.4. The van der Waals surface area contributed by atoms with Crippen LogP contribution in [0.25, 0.3) is 0 Å². The summed E-state index contributed by atoms with van der Waals surface area (Å²) in [5.74, 6) is 0.916. The van der Waals surface area contributed by atoms with Gasteiger partial charge in [-0.3, -0.25) is 9.59 Å². The van der Waals surface area contributed by atoms with Crippen LogP contribution in [0.2, 0.25) is 0 Å². The molecule has 0 bridgehead atoms. The number of benzene rings is 1. The number of anilines is 1. The molecule has 5 nitrogen and oxygen atoms in total. The molecule has 0 radical (unpaired) electrons. The fourth-order valence-electron chi connectivity index (χ4n) is 2.26. The number of rotatable bonds is 3. The molecule has 1 fully saturated rings. The van der Waals surface area contributed by atoms with Crippen LogP contribution < -0.4 is 5.32 Å². The van der Waals surface area contributed by atoms with Crippen LogP contribution >= 0.6 is 11.8 Å². The zero-order valence-corrected chi connectivity index (χ0v) is 12.9. The molecule has 2 heterocycles. The van der Waals surface area contributed by atoms with Crippen LogP contribution in [0.4, 0.5) is 5.69 Å². The minimum Gasteiger partial charge on any atom is -0.459 e. The van der Waals surface area contributed by atoms with Crippen molar-refractivity contribution in [3.63, 3.8) is 0 Å². The number of nitrogens with one attached hydrogen (secondary N) is 1. The molecule has 2 aromatic rings. The average molecular weight is 316 g/mol. The third-order valence-corrected chi connectivity index (χ3v) is 4.51. The highest BCUT2D eigenvalue weighted by Gasteiger charge is 2.36. The lowest BCUT2D eigenvalue weighted by atomic mass is 10.2. The van der Waals surface area contributed by atoms with Crippen LogP contribution in [0.1, 0.15) is 16.1 Å². The average Bonchev–Trinajstić information content (AvgIpc) is 3.20. The number of amides is 2. The normalized spacial score (nSPS) is 17.5. The van der Waals surface area contributed by atoms with E-state index in [1.54, 1.807) is 28.8 Å². The molecule has 114 valence electrons. The van der Waals surface area contributed by atoms with Crippen molar-refractivity contribution in [2.45, 2.75) is 13.0 Å². The Bertz CT molecular complexity index is 667. The monoisotopic (exact) mass is 316 g/mol. The number of furan rings is 1. The molecule has 1 unspecified atom stereocenters. The smallest absolute Gasteiger partial charge is 0.290 e. The molecular formula is C16H16N2O3S. The van der Waals surface area contributed by atoms with E-state index in [9.17, 15) is 9.59 Å². The lowest BCUT2D eigenvalue weighted by Crippen LogP contribution is -2.44. The molecule has 2 amide bonds. The molecule has 0 saturated carbocycles. The van der Waals surface area contributed by atoms with Gasteiger partial charge in [0.25, 0.3) is 5.91 Å². The van der Waals surface area contributed by atoms with E-state index in [4.69, 9.17) is 4.42 Å². The minimum atomic E-state index is -0.482. The molecule has 0 aliphatic carbocycles. The van der Waals surface area contributed by atoms with Crippen LogP contribution in [0.3, 0.4) is 0 Å². The van der Waals surface area contributed by atoms with Gasteiger partial charge in [-0.25, -0.2) is 0 Å². The standard InChI is InChI=1S/C16H16N2O3S/c1-11-4-6-12(7-5-11)17-15(19)13-9-22-10-18(13)16(20)14-3-2-8-21-14/h2-8,13H,9-10H2,1H3,(H,17,19). The summed E-state index contributed by atoms with van der Waals surface area (Å²) in [6, 6.07) is 10.4. The maximum Gasteiger partial charge on any atom is 0.290 e. The Morgan fingerprint density at radius 2 is 2.05 bits per heavy atom. The van der Waals surface area contributed by atoms with E-state index < -0.39 is 6.04 Å². The molecule has 0 spiro atoms. The Labute approximate surface area is 132 Å². The van der Waals surface area contributed by atoms with Gasteiger partial charge in [-0.05, 0) is 31.2 Å². The molecule has 3 rings (SSSR count). The summed E-state index contributed by atoms with van der Waals surface area (Å²) in [6.45, 7) is 1.99. The van der Waals surface area contributed by atoms with Crippen molar-refractivity contribution in [2.75, 3.05) is 16.9 Å². The summed E-state index contributed by atoms with van der Waals surface area (Å²) in [4.78, 5) is 26.3. The highest BCUT2D eigenvalue weighted by Crippen LogP contribution is 2.24. The van der Waals surface area contributed by atoms with E-state index in [-0.39, 0.29) is 17.6 Å². The van der Waals surface area contributed by atoms with Gasteiger partial charge in [0.15, 0.2) is 5.76 Å². The Kier molecular flexibility index (Phi) is 4.20. The second kappa shape index (κ2) is 6.27. The van der Waals surface area contributed by atoms with Crippen molar-refractivity contribution < 1.29 is 14.0 Å². The zero-order valence-electron chi connectivity index (χ0n) is 12.1. The lowest BCUT2D eigenvalue weighted by Gasteiger charge is -2.22. The molecule has 1 aliphatic heterocycles. The van der Waals surface area contributed by atoms with Crippen molar-refractivity contribution >= 4 is 29.3 Å². The number of hydrogen-bond acceptors (Lipinski definition) is 4. The van der Waals surface area contributed by atoms with Gasteiger partial charge in [-0.15, -0.1) is 11.8 Å². The predicted molar refractivity (Wildman–Crippen MR) is 85.8 cm³/mol. The van der Waals surface area contributed by atoms with E-state index in [0.29, 0.717) is 11.6 Å². The van der Waals surface area contributed by atoms with Crippen LogP contribution in [0.15, 0.2) is 47.1 Å². The van der Waals surface area contributed by atoms with Crippen LogP contribution in [-0.4, -0.2) is 34.4 Å². The molecule has 1 N–H and O–H groups in total. The number of hydrogen-bond donors (Lipinski definition) is 1. The molecule has 22 heavy (non-hydrogen) atoms. The van der Waals surface area contributed by atoms with Gasteiger partial charge in [-0.2, -0.15) is 0 Å². The number of thioether (sulfide) groups is 1. The van der Waals surface area contributed by atoms with Crippen LogP contribution in [0, 0.1) is 6.92 Å². The quantitative estimate of drug-likeness (QED) is 0.946. The number of carbonyl (C=O) groups excluding carboxylic acids is 2. The van der Waals surface area contributed by atoms with E-state index >= 15 is 0 Å². The molecule has 1 aromatic carbocycles. The van der Waals surface area contributed by atoms with Crippen molar-refractivity contribution in [3.8, 4) is 0 Å². The first kappa shape index (κ1) is 14.7. The molecule has 6 heteroatoms. The van der Waals surface area contributed by atoms with Crippen LogP contribution in [0.5, 0.6) is 0 Å². The zero-order chi connectivity index (χ0) is 15.5. The van der Waals surface area contributed by atoms with E-state index in [1.165, 1.54) is 6.26 Å². The van der Waals surface area contributed by atoms with Gasteiger partial charge in [0.1, 0.15) is 6.04 Å². The van der Waals surface area contributed by atoms with E-state index in [1.807, 2.05) is 31.2 Å². The second-order valence-corrected chi connectivity index (χ2v) is 6.12. The number of aryl methyl sites for hydroxylation is 1. The minimum absolute atomic E-state index is 0.172. The first-order valence-electron chi connectivity index (χ1n) is 6.95. The molecule has 1 aromatic heterocycles. The molecular weight excluding hydrogens is 300 g/mol.